The summed E-state index contributed by atoms with van der Waals surface area (Å²) in [5, 5.41) is 11.5. The average molecular weight is 280 g/mol. The fraction of sp³-hybridized carbons (Fsp3) is 0.0769. The molecule has 2 aromatic rings. The highest BCUT2D eigenvalue weighted by Crippen LogP contribution is 2.21. The lowest BCUT2D eigenvalue weighted by Crippen LogP contribution is -2.12. The van der Waals surface area contributed by atoms with Crippen LogP contribution in [0.3, 0.4) is 0 Å². The Morgan fingerprint density at radius 1 is 1.32 bits per heavy atom. The monoisotopic (exact) mass is 279 g/mol. The van der Waals surface area contributed by atoms with Crippen LogP contribution in [0, 0.1) is 6.92 Å². The van der Waals surface area contributed by atoms with E-state index in [2.05, 4.69) is 5.32 Å². The van der Waals surface area contributed by atoms with Gasteiger partial charge in [0.1, 0.15) is 0 Å². The summed E-state index contributed by atoms with van der Waals surface area (Å²) >= 11 is 5.70. The van der Waals surface area contributed by atoms with Crippen LogP contribution in [0.5, 0.6) is 0 Å². The lowest BCUT2D eigenvalue weighted by Gasteiger charge is -2.08. The van der Waals surface area contributed by atoms with Crippen molar-refractivity contribution < 1.29 is 19.1 Å². The van der Waals surface area contributed by atoms with Gasteiger partial charge in [-0.15, -0.1) is 0 Å². The van der Waals surface area contributed by atoms with E-state index in [9.17, 15) is 9.59 Å². The molecule has 0 aliphatic heterocycles. The molecule has 0 atom stereocenters. The van der Waals surface area contributed by atoms with Gasteiger partial charge < -0.3 is 14.8 Å². The predicted molar refractivity (Wildman–Crippen MR) is 69.8 cm³/mol. The number of halogens is 1. The van der Waals surface area contributed by atoms with Gasteiger partial charge in [-0.2, -0.15) is 0 Å². The second kappa shape index (κ2) is 5.16. The van der Waals surface area contributed by atoms with Gasteiger partial charge in [0.05, 0.1) is 17.4 Å². The summed E-state index contributed by atoms with van der Waals surface area (Å²) in [5.41, 5.74) is 1.56. The Labute approximate surface area is 113 Å². The quantitative estimate of drug-likeness (QED) is 0.904. The van der Waals surface area contributed by atoms with Gasteiger partial charge in [-0.3, -0.25) is 4.79 Å². The molecule has 1 amide bonds. The molecule has 0 aliphatic carbocycles. The van der Waals surface area contributed by atoms with Crippen molar-refractivity contribution in [2.24, 2.45) is 0 Å². The minimum Gasteiger partial charge on any atom is -0.478 e. The van der Waals surface area contributed by atoms with Crippen molar-refractivity contribution in [2.75, 3.05) is 5.32 Å². The average Bonchev–Trinajstić information content (AvgIpc) is 2.77. The third-order valence-corrected chi connectivity index (χ3v) is 2.88. The van der Waals surface area contributed by atoms with Gasteiger partial charge in [0.25, 0.3) is 5.91 Å². The number of benzene rings is 1. The summed E-state index contributed by atoms with van der Waals surface area (Å²) in [4.78, 5) is 22.7. The maximum atomic E-state index is 11.9. The molecule has 2 rings (SSSR count). The van der Waals surface area contributed by atoms with Crippen LogP contribution in [-0.4, -0.2) is 17.0 Å². The predicted octanol–water partition coefficient (Wildman–Crippen LogP) is 3.19. The molecule has 98 valence electrons. The fourth-order valence-corrected chi connectivity index (χ4v) is 1.78. The largest absolute Gasteiger partial charge is 0.478 e. The van der Waals surface area contributed by atoms with Crippen molar-refractivity contribution >= 4 is 29.2 Å². The maximum Gasteiger partial charge on any atom is 0.335 e. The Morgan fingerprint density at radius 2 is 2.05 bits per heavy atom. The van der Waals surface area contributed by atoms with Crippen molar-refractivity contribution in [3.63, 3.8) is 0 Å². The van der Waals surface area contributed by atoms with Gasteiger partial charge >= 0.3 is 5.97 Å². The Kier molecular flexibility index (Phi) is 3.57. The van der Waals surface area contributed by atoms with Gasteiger partial charge in [-0.05, 0) is 48.4 Å². The van der Waals surface area contributed by atoms with Crippen LogP contribution in [0.15, 0.2) is 34.9 Å². The minimum atomic E-state index is -1.01. The Morgan fingerprint density at radius 3 is 2.58 bits per heavy atom. The lowest BCUT2D eigenvalue weighted by atomic mass is 10.1. The van der Waals surface area contributed by atoms with Gasteiger partial charge in [0.15, 0.2) is 0 Å². The molecule has 5 nitrogen and oxygen atoms in total. The highest BCUT2D eigenvalue weighted by molar-refractivity contribution is 6.32. The first-order valence-corrected chi connectivity index (χ1v) is 5.75. The number of nitrogens with one attached hydrogen (secondary N) is 1. The standard InChI is InChI=1S/C13H10ClNO4/c1-7-6-8(13(17)18)2-3-10(7)15-12(16)9-4-5-19-11(9)14/h2-6H,1H3,(H,15,16)(H,17,18). The molecule has 0 aliphatic rings. The Bertz CT molecular complexity index is 648. The third kappa shape index (κ3) is 2.77. The summed E-state index contributed by atoms with van der Waals surface area (Å²) in [6.45, 7) is 1.71. The lowest BCUT2D eigenvalue weighted by molar-refractivity contribution is 0.0696. The van der Waals surface area contributed by atoms with Gasteiger partial charge in [0.2, 0.25) is 5.22 Å². The molecule has 1 aromatic heterocycles. The van der Waals surface area contributed by atoms with Crippen LogP contribution in [-0.2, 0) is 0 Å². The first-order valence-electron chi connectivity index (χ1n) is 5.37. The van der Waals surface area contributed by atoms with Crippen molar-refractivity contribution in [3.05, 3.63) is 52.4 Å². The molecule has 1 aromatic carbocycles. The molecule has 1 heterocycles. The third-order valence-electron chi connectivity index (χ3n) is 2.58. The number of aryl methyl sites for hydroxylation is 1. The molecular weight excluding hydrogens is 270 g/mol. The minimum absolute atomic E-state index is 0.0114. The van der Waals surface area contributed by atoms with E-state index < -0.39 is 11.9 Å². The number of carbonyl (C=O) groups is 2. The molecule has 0 fully saturated rings. The summed E-state index contributed by atoms with van der Waals surface area (Å²) in [6, 6.07) is 5.89. The van der Waals surface area contributed by atoms with Crippen LogP contribution in [0.25, 0.3) is 0 Å². The van der Waals surface area contributed by atoms with Crippen LogP contribution in [0.2, 0.25) is 5.22 Å². The molecule has 0 unspecified atom stereocenters. The van der Waals surface area contributed by atoms with E-state index in [4.69, 9.17) is 21.1 Å². The number of rotatable bonds is 3. The zero-order chi connectivity index (χ0) is 14.0. The van der Waals surface area contributed by atoms with Crippen LogP contribution in [0.1, 0.15) is 26.3 Å². The molecule has 0 saturated carbocycles. The van der Waals surface area contributed by atoms with Crippen molar-refractivity contribution in [1.82, 2.24) is 0 Å². The zero-order valence-electron chi connectivity index (χ0n) is 9.94. The molecular formula is C13H10ClNO4. The van der Waals surface area contributed by atoms with E-state index >= 15 is 0 Å². The second-order valence-electron chi connectivity index (χ2n) is 3.90. The zero-order valence-corrected chi connectivity index (χ0v) is 10.7. The number of carboxylic acids is 1. The highest BCUT2D eigenvalue weighted by Gasteiger charge is 2.14. The summed E-state index contributed by atoms with van der Waals surface area (Å²) in [6.07, 6.45) is 1.32. The first kappa shape index (κ1) is 13.2. The summed E-state index contributed by atoms with van der Waals surface area (Å²) in [5.74, 6) is -1.43. The Balaban J connectivity index is 2.23. The summed E-state index contributed by atoms with van der Waals surface area (Å²) < 4.78 is 4.83. The smallest absolute Gasteiger partial charge is 0.335 e. The Hall–Kier alpha value is -2.27. The fourth-order valence-electron chi connectivity index (χ4n) is 1.58. The van der Waals surface area contributed by atoms with Crippen molar-refractivity contribution in [1.29, 1.82) is 0 Å². The second-order valence-corrected chi connectivity index (χ2v) is 4.24. The van der Waals surface area contributed by atoms with Crippen molar-refractivity contribution in [2.45, 2.75) is 6.92 Å². The number of hydrogen-bond acceptors (Lipinski definition) is 3. The molecule has 0 radical (unpaired) electrons. The van der Waals surface area contributed by atoms with E-state index in [0.29, 0.717) is 11.3 Å². The summed E-state index contributed by atoms with van der Waals surface area (Å²) in [7, 11) is 0. The van der Waals surface area contributed by atoms with E-state index in [1.165, 1.54) is 30.5 Å². The molecule has 0 saturated heterocycles. The number of furan rings is 1. The van der Waals surface area contributed by atoms with E-state index in [0.717, 1.165) is 0 Å². The molecule has 2 N–H and O–H groups in total. The topological polar surface area (TPSA) is 79.5 Å². The van der Waals surface area contributed by atoms with Gasteiger partial charge in [-0.25, -0.2) is 4.79 Å². The normalized spacial score (nSPS) is 10.2. The number of hydrogen-bond donors (Lipinski definition) is 2. The van der Waals surface area contributed by atoms with Crippen LogP contribution < -0.4 is 5.32 Å². The maximum absolute atomic E-state index is 11.9. The van der Waals surface area contributed by atoms with E-state index in [-0.39, 0.29) is 16.3 Å². The molecule has 19 heavy (non-hydrogen) atoms. The van der Waals surface area contributed by atoms with Crippen LogP contribution in [0.4, 0.5) is 5.69 Å². The molecule has 0 bridgehead atoms. The van der Waals surface area contributed by atoms with Gasteiger partial charge in [0, 0.05) is 5.69 Å². The number of carbonyl (C=O) groups excluding carboxylic acids is 1. The first-order chi connectivity index (χ1) is 8.99. The van der Waals surface area contributed by atoms with Crippen molar-refractivity contribution in [3.8, 4) is 0 Å². The van der Waals surface area contributed by atoms with E-state index in [1.807, 2.05) is 0 Å². The number of carboxylic acid groups (broad SMARTS) is 1. The SMILES string of the molecule is Cc1cc(C(=O)O)ccc1NC(=O)c1ccoc1Cl. The molecule has 0 spiro atoms. The number of aromatic carboxylic acids is 1. The van der Waals surface area contributed by atoms with Gasteiger partial charge in [-0.1, -0.05) is 0 Å². The number of amides is 1. The highest BCUT2D eigenvalue weighted by atomic mass is 35.5. The van der Waals surface area contributed by atoms with E-state index in [1.54, 1.807) is 6.92 Å². The molecule has 6 heteroatoms. The number of anilines is 1. The van der Waals surface area contributed by atoms with Crippen LogP contribution >= 0.6 is 11.6 Å².